The van der Waals surface area contributed by atoms with Crippen molar-refractivity contribution in [1.29, 1.82) is 0 Å². The number of rotatable bonds is 7. The standard InChI is InChI=1S/C12H16N2O5S2/c1-8(15)14-9(12(16)17)7-20-10-5-3-4-6-11(10)21(18,19)13-2/h3-6,9,13H,7H2,1-2H3,(H,14,15)(H,16,17)/t9-/m0/s1. The maximum Gasteiger partial charge on any atom is 0.327 e. The minimum Gasteiger partial charge on any atom is -0.480 e. The largest absolute Gasteiger partial charge is 0.480 e. The van der Waals surface area contributed by atoms with Crippen molar-refractivity contribution in [2.24, 2.45) is 0 Å². The maximum absolute atomic E-state index is 11.9. The number of sulfonamides is 1. The highest BCUT2D eigenvalue weighted by Gasteiger charge is 2.21. The molecule has 0 saturated heterocycles. The average Bonchev–Trinajstić information content (AvgIpc) is 2.43. The van der Waals surface area contributed by atoms with E-state index in [0.29, 0.717) is 4.90 Å². The second-order valence-electron chi connectivity index (χ2n) is 4.06. The van der Waals surface area contributed by atoms with Gasteiger partial charge >= 0.3 is 5.97 Å². The molecular weight excluding hydrogens is 316 g/mol. The minimum atomic E-state index is -3.63. The first-order chi connectivity index (χ1) is 9.77. The summed E-state index contributed by atoms with van der Waals surface area (Å²) in [6.07, 6.45) is 0. The molecule has 1 aromatic carbocycles. The molecule has 1 rings (SSSR count). The van der Waals surface area contributed by atoms with E-state index in [9.17, 15) is 18.0 Å². The van der Waals surface area contributed by atoms with Gasteiger partial charge in [0.2, 0.25) is 15.9 Å². The highest BCUT2D eigenvalue weighted by atomic mass is 32.2. The number of carboxylic acids is 1. The Balaban J connectivity index is 2.93. The van der Waals surface area contributed by atoms with Crippen molar-refractivity contribution in [1.82, 2.24) is 10.0 Å². The first-order valence-electron chi connectivity index (χ1n) is 5.93. The second kappa shape index (κ2) is 7.43. The molecule has 1 atom stereocenters. The Morgan fingerprint density at radius 3 is 2.48 bits per heavy atom. The lowest BCUT2D eigenvalue weighted by Crippen LogP contribution is -2.41. The lowest BCUT2D eigenvalue weighted by molar-refractivity contribution is -0.140. The zero-order valence-electron chi connectivity index (χ0n) is 11.5. The zero-order chi connectivity index (χ0) is 16.0. The van der Waals surface area contributed by atoms with Crippen LogP contribution in [0, 0.1) is 0 Å². The molecular formula is C12H16N2O5S2. The molecule has 1 aromatic rings. The minimum absolute atomic E-state index is 0.0190. The fraction of sp³-hybridized carbons (Fsp3) is 0.333. The normalized spacial score (nSPS) is 12.7. The molecule has 21 heavy (non-hydrogen) atoms. The van der Waals surface area contributed by atoms with Crippen LogP contribution in [-0.4, -0.2) is 44.2 Å². The monoisotopic (exact) mass is 332 g/mol. The van der Waals surface area contributed by atoms with E-state index < -0.39 is 27.9 Å². The Morgan fingerprint density at radius 1 is 1.33 bits per heavy atom. The van der Waals surface area contributed by atoms with Gasteiger partial charge in [-0.05, 0) is 19.2 Å². The lowest BCUT2D eigenvalue weighted by atomic mass is 10.3. The summed E-state index contributed by atoms with van der Waals surface area (Å²) in [6.45, 7) is 1.22. The van der Waals surface area contributed by atoms with E-state index in [-0.39, 0.29) is 10.6 Å². The number of nitrogens with one attached hydrogen (secondary N) is 2. The van der Waals surface area contributed by atoms with Crippen LogP contribution in [0.1, 0.15) is 6.92 Å². The molecule has 1 amide bonds. The summed E-state index contributed by atoms with van der Waals surface area (Å²) in [5.74, 6) is -1.61. The van der Waals surface area contributed by atoms with Crippen molar-refractivity contribution in [3.05, 3.63) is 24.3 Å². The molecule has 0 radical (unpaired) electrons. The molecule has 7 nitrogen and oxygen atoms in total. The van der Waals surface area contributed by atoms with Gasteiger partial charge in [-0.25, -0.2) is 17.9 Å². The zero-order valence-corrected chi connectivity index (χ0v) is 13.1. The number of carboxylic acid groups (broad SMARTS) is 1. The van der Waals surface area contributed by atoms with Gasteiger partial charge in [-0.2, -0.15) is 0 Å². The topological polar surface area (TPSA) is 113 Å². The third-order valence-electron chi connectivity index (χ3n) is 2.49. The molecule has 0 spiro atoms. The fourth-order valence-electron chi connectivity index (χ4n) is 1.49. The van der Waals surface area contributed by atoms with Crippen LogP contribution in [0.2, 0.25) is 0 Å². The van der Waals surface area contributed by atoms with Gasteiger partial charge in [-0.1, -0.05) is 12.1 Å². The van der Waals surface area contributed by atoms with E-state index in [1.54, 1.807) is 18.2 Å². The van der Waals surface area contributed by atoms with Crippen molar-refractivity contribution in [2.75, 3.05) is 12.8 Å². The Morgan fingerprint density at radius 2 is 1.95 bits per heavy atom. The predicted molar refractivity (Wildman–Crippen MR) is 78.7 cm³/mol. The molecule has 0 fully saturated rings. The van der Waals surface area contributed by atoms with Gasteiger partial charge < -0.3 is 10.4 Å². The molecule has 3 N–H and O–H groups in total. The molecule has 116 valence electrons. The van der Waals surface area contributed by atoms with Gasteiger partial charge in [0, 0.05) is 17.6 Å². The van der Waals surface area contributed by atoms with E-state index >= 15 is 0 Å². The van der Waals surface area contributed by atoms with Crippen LogP contribution >= 0.6 is 11.8 Å². The summed E-state index contributed by atoms with van der Waals surface area (Å²) < 4.78 is 25.9. The first-order valence-corrected chi connectivity index (χ1v) is 8.40. The quantitative estimate of drug-likeness (QED) is 0.618. The van der Waals surface area contributed by atoms with E-state index in [4.69, 9.17) is 5.11 Å². The van der Waals surface area contributed by atoms with Crippen LogP contribution < -0.4 is 10.0 Å². The predicted octanol–water partition coefficient (Wildman–Crippen LogP) is 0.276. The number of carbonyl (C=O) groups is 2. The van der Waals surface area contributed by atoms with Crippen molar-refractivity contribution in [3.63, 3.8) is 0 Å². The van der Waals surface area contributed by atoms with Crippen LogP contribution in [-0.2, 0) is 19.6 Å². The molecule has 0 aromatic heterocycles. The van der Waals surface area contributed by atoms with Crippen molar-refractivity contribution < 1.29 is 23.1 Å². The van der Waals surface area contributed by atoms with Gasteiger partial charge in [0.25, 0.3) is 0 Å². The van der Waals surface area contributed by atoms with Crippen molar-refractivity contribution in [3.8, 4) is 0 Å². The summed E-state index contributed by atoms with van der Waals surface area (Å²) in [4.78, 5) is 22.5. The first kappa shape index (κ1) is 17.5. The van der Waals surface area contributed by atoms with E-state index in [2.05, 4.69) is 10.0 Å². The molecule has 9 heteroatoms. The highest BCUT2D eigenvalue weighted by Crippen LogP contribution is 2.26. The fourth-order valence-corrected chi connectivity index (χ4v) is 3.77. The lowest BCUT2D eigenvalue weighted by Gasteiger charge is -2.14. The Labute approximate surface area is 127 Å². The third-order valence-corrected chi connectivity index (χ3v) is 5.26. The van der Waals surface area contributed by atoms with Gasteiger partial charge in [0.15, 0.2) is 0 Å². The maximum atomic E-state index is 11.9. The number of amides is 1. The molecule has 0 aliphatic heterocycles. The summed E-state index contributed by atoms with van der Waals surface area (Å²) in [5.41, 5.74) is 0. The van der Waals surface area contributed by atoms with Crippen LogP contribution in [0.5, 0.6) is 0 Å². The van der Waals surface area contributed by atoms with Crippen molar-refractivity contribution >= 4 is 33.7 Å². The number of carbonyl (C=O) groups excluding carboxylic acids is 1. The summed E-state index contributed by atoms with van der Waals surface area (Å²) in [6, 6.07) is 5.17. The smallest absolute Gasteiger partial charge is 0.327 e. The molecule has 0 aliphatic carbocycles. The Bertz CT molecular complexity index is 630. The molecule has 0 bridgehead atoms. The SMILES string of the molecule is CNS(=O)(=O)c1ccccc1SC[C@H](NC(C)=O)C(=O)O. The number of hydrogen-bond acceptors (Lipinski definition) is 5. The van der Waals surface area contributed by atoms with E-state index in [1.807, 2.05) is 0 Å². The van der Waals surface area contributed by atoms with Crippen LogP contribution in [0.4, 0.5) is 0 Å². The summed E-state index contributed by atoms with van der Waals surface area (Å²) in [5, 5.41) is 11.3. The second-order valence-corrected chi connectivity index (χ2v) is 6.97. The van der Waals surface area contributed by atoms with Crippen LogP contribution in [0.3, 0.4) is 0 Å². The molecule has 0 aliphatic rings. The van der Waals surface area contributed by atoms with Crippen LogP contribution in [0.25, 0.3) is 0 Å². The summed E-state index contributed by atoms with van der Waals surface area (Å²) >= 11 is 1.05. The molecule has 0 unspecified atom stereocenters. The highest BCUT2D eigenvalue weighted by molar-refractivity contribution is 8.00. The summed E-state index contributed by atoms with van der Waals surface area (Å²) in [7, 11) is -2.33. The Kier molecular flexibility index (Phi) is 6.19. The van der Waals surface area contributed by atoms with Crippen LogP contribution in [0.15, 0.2) is 34.1 Å². The van der Waals surface area contributed by atoms with Gasteiger partial charge in [-0.15, -0.1) is 11.8 Å². The number of aliphatic carboxylic acids is 1. The molecule has 0 saturated carbocycles. The van der Waals surface area contributed by atoms with Crippen molar-refractivity contribution in [2.45, 2.75) is 22.8 Å². The number of thioether (sulfide) groups is 1. The third kappa shape index (κ3) is 5.03. The number of hydrogen-bond donors (Lipinski definition) is 3. The molecule has 0 heterocycles. The Hall–Kier alpha value is -1.58. The average molecular weight is 332 g/mol. The van der Waals surface area contributed by atoms with Gasteiger partial charge in [0.05, 0.1) is 4.90 Å². The van der Waals surface area contributed by atoms with E-state index in [0.717, 1.165) is 11.8 Å². The number of benzene rings is 1. The van der Waals surface area contributed by atoms with Gasteiger partial charge in [0.1, 0.15) is 6.04 Å². The van der Waals surface area contributed by atoms with E-state index in [1.165, 1.54) is 20.0 Å². The van der Waals surface area contributed by atoms with Gasteiger partial charge in [-0.3, -0.25) is 4.79 Å².